The zero-order valence-corrected chi connectivity index (χ0v) is 13.2. The monoisotopic (exact) mass is 292 g/mol. The number of hydrogen-bond donors (Lipinski definition) is 1. The highest BCUT2D eigenvalue weighted by atomic mass is 16.5. The Morgan fingerprint density at radius 3 is 2.19 bits per heavy atom. The number of ether oxygens (including phenoxy) is 2. The first-order chi connectivity index (χ1) is 9.96. The summed E-state index contributed by atoms with van der Waals surface area (Å²) in [6.45, 7) is 5.90. The van der Waals surface area contributed by atoms with Crippen LogP contribution in [0.3, 0.4) is 0 Å². The highest BCUT2D eigenvalue weighted by molar-refractivity contribution is 6.00. The molecule has 0 radical (unpaired) electrons. The van der Waals surface area contributed by atoms with E-state index >= 15 is 0 Å². The van der Waals surface area contributed by atoms with E-state index in [1.807, 2.05) is 4.90 Å². The molecule has 1 heterocycles. The molecule has 1 aliphatic heterocycles. The Labute approximate surface area is 126 Å². The van der Waals surface area contributed by atoms with E-state index in [2.05, 4.69) is 13.8 Å². The molecular weight excluding hydrogens is 268 g/mol. The van der Waals surface area contributed by atoms with E-state index in [1.165, 1.54) is 0 Å². The van der Waals surface area contributed by atoms with Crippen LogP contribution < -0.4 is 15.2 Å². The minimum atomic E-state index is -0.0353. The number of nitrogens with zero attached hydrogens (tertiary/aromatic N) is 1. The summed E-state index contributed by atoms with van der Waals surface area (Å²) in [4.78, 5) is 14.6. The van der Waals surface area contributed by atoms with Crippen molar-refractivity contribution < 1.29 is 14.3 Å². The van der Waals surface area contributed by atoms with E-state index in [4.69, 9.17) is 15.2 Å². The van der Waals surface area contributed by atoms with Crippen LogP contribution in [0.2, 0.25) is 0 Å². The average molecular weight is 292 g/mol. The van der Waals surface area contributed by atoms with Crippen molar-refractivity contribution in [2.45, 2.75) is 20.3 Å². The number of benzene rings is 1. The van der Waals surface area contributed by atoms with Gasteiger partial charge in [0.15, 0.2) is 11.5 Å². The van der Waals surface area contributed by atoms with Gasteiger partial charge < -0.3 is 20.1 Å². The molecule has 5 heteroatoms. The number of amides is 1. The largest absolute Gasteiger partial charge is 0.493 e. The molecule has 2 rings (SSSR count). The molecule has 1 amide bonds. The summed E-state index contributed by atoms with van der Waals surface area (Å²) in [5.41, 5.74) is 6.91. The number of carbonyl (C=O) groups is 1. The van der Waals surface area contributed by atoms with Crippen LogP contribution in [0.15, 0.2) is 12.1 Å². The van der Waals surface area contributed by atoms with Gasteiger partial charge in [-0.3, -0.25) is 4.79 Å². The van der Waals surface area contributed by atoms with Gasteiger partial charge in [-0.25, -0.2) is 0 Å². The quantitative estimate of drug-likeness (QED) is 0.869. The van der Waals surface area contributed by atoms with Crippen LogP contribution in [0.5, 0.6) is 11.5 Å². The van der Waals surface area contributed by atoms with Crippen LogP contribution >= 0.6 is 0 Å². The number of nitrogen functional groups attached to an aromatic ring is 1. The van der Waals surface area contributed by atoms with Gasteiger partial charge in [-0.2, -0.15) is 0 Å². The van der Waals surface area contributed by atoms with Crippen molar-refractivity contribution in [3.63, 3.8) is 0 Å². The fraction of sp³-hybridized carbons (Fsp3) is 0.562. The standard InChI is InChI=1S/C16H24N2O3/c1-10-5-11(2)9-18(8-10)16(19)12-6-14(20-3)15(21-4)7-13(12)17/h6-7,10-11H,5,8-9,17H2,1-4H3. The fourth-order valence-corrected chi connectivity index (χ4v) is 3.08. The molecule has 1 aromatic rings. The molecule has 2 unspecified atom stereocenters. The summed E-state index contributed by atoms with van der Waals surface area (Å²) >= 11 is 0. The lowest BCUT2D eigenvalue weighted by Crippen LogP contribution is -2.42. The molecule has 5 nitrogen and oxygen atoms in total. The van der Waals surface area contributed by atoms with Crippen molar-refractivity contribution >= 4 is 11.6 Å². The summed E-state index contributed by atoms with van der Waals surface area (Å²) in [5, 5.41) is 0. The topological polar surface area (TPSA) is 64.8 Å². The van der Waals surface area contributed by atoms with Gasteiger partial charge in [0.2, 0.25) is 0 Å². The van der Waals surface area contributed by atoms with Crippen molar-refractivity contribution in [1.82, 2.24) is 4.90 Å². The normalized spacial score (nSPS) is 22.0. The molecule has 0 aromatic heterocycles. The second kappa shape index (κ2) is 6.24. The smallest absolute Gasteiger partial charge is 0.256 e. The number of methoxy groups -OCH3 is 2. The Bertz CT molecular complexity index is 520. The number of nitrogens with two attached hydrogens (primary N) is 1. The van der Waals surface area contributed by atoms with Gasteiger partial charge in [-0.05, 0) is 24.3 Å². The van der Waals surface area contributed by atoms with Gasteiger partial charge in [-0.1, -0.05) is 13.8 Å². The summed E-state index contributed by atoms with van der Waals surface area (Å²) in [6, 6.07) is 3.31. The van der Waals surface area contributed by atoms with Gasteiger partial charge in [-0.15, -0.1) is 0 Å². The number of hydrogen-bond acceptors (Lipinski definition) is 4. The SMILES string of the molecule is COc1cc(N)c(C(=O)N2CC(C)CC(C)C2)cc1OC. The summed E-state index contributed by atoms with van der Waals surface area (Å²) in [7, 11) is 3.10. The molecule has 116 valence electrons. The van der Waals surface area contributed by atoms with Crippen LogP contribution in [0.4, 0.5) is 5.69 Å². The summed E-state index contributed by atoms with van der Waals surface area (Å²) in [5.74, 6) is 2.05. The minimum absolute atomic E-state index is 0.0353. The fourth-order valence-electron chi connectivity index (χ4n) is 3.08. The molecule has 1 saturated heterocycles. The maximum absolute atomic E-state index is 12.7. The molecule has 0 spiro atoms. The van der Waals surface area contributed by atoms with Gasteiger partial charge in [0.1, 0.15) is 0 Å². The van der Waals surface area contributed by atoms with Gasteiger partial charge >= 0.3 is 0 Å². The maximum Gasteiger partial charge on any atom is 0.256 e. The zero-order chi connectivity index (χ0) is 15.6. The van der Waals surface area contributed by atoms with E-state index in [0.717, 1.165) is 19.5 Å². The Hall–Kier alpha value is -1.91. The van der Waals surface area contributed by atoms with Crippen LogP contribution in [0.25, 0.3) is 0 Å². The summed E-state index contributed by atoms with van der Waals surface area (Å²) in [6.07, 6.45) is 1.16. The minimum Gasteiger partial charge on any atom is -0.493 e. The lowest BCUT2D eigenvalue weighted by Gasteiger charge is -2.35. The van der Waals surface area contributed by atoms with Crippen molar-refractivity contribution in [2.75, 3.05) is 33.0 Å². The van der Waals surface area contributed by atoms with Crippen molar-refractivity contribution in [3.05, 3.63) is 17.7 Å². The Kier molecular flexibility index (Phi) is 4.60. The molecule has 0 saturated carbocycles. The number of likely N-dealkylation sites (tertiary alicyclic amines) is 1. The number of rotatable bonds is 3. The number of anilines is 1. The first kappa shape index (κ1) is 15.5. The van der Waals surface area contributed by atoms with E-state index in [0.29, 0.717) is 34.6 Å². The molecule has 2 N–H and O–H groups in total. The maximum atomic E-state index is 12.7. The van der Waals surface area contributed by atoms with Gasteiger partial charge in [0.25, 0.3) is 5.91 Å². The predicted octanol–water partition coefficient (Wildman–Crippen LogP) is 2.40. The van der Waals surface area contributed by atoms with E-state index in [-0.39, 0.29) is 5.91 Å². The highest BCUT2D eigenvalue weighted by Gasteiger charge is 2.27. The average Bonchev–Trinajstić information content (AvgIpc) is 2.45. The summed E-state index contributed by atoms with van der Waals surface area (Å²) < 4.78 is 10.5. The first-order valence-electron chi connectivity index (χ1n) is 7.27. The van der Waals surface area contributed by atoms with Crippen LogP contribution in [0, 0.1) is 11.8 Å². The zero-order valence-electron chi connectivity index (χ0n) is 13.2. The van der Waals surface area contributed by atoms with E-state index in [1.54, 1.807) is 26.4 Å². The Morgan fingerprint density at radius 2 is 1.67 bits per heavy atom. The van der Waals surface area contributed by atoms with E-state index < -0.39 is 0 Å². The van der Waals surface area contributed by atoms with Crippen LogP contribution in [-0.2, 0) is 0 Å². The molecule has 21 heavy (non-hydrogen) atoms. The van der Waals surface area contributed by atoms with Crippen LogP contribution in [-0.4, -0.2) is 38.1 Å². The number of carbonyl (C=O) groups excluding carboxylic acids is 1. The third kappa shape index (κ3) is 3.23. The lowest BCUT2D eigenvalue weighted by atomic mass is 9.91. The lowest BCUT2D eigenvalue weighted by molar-refractivity contribution is 0.0624. The van der Waals surface area contributed by atoms with Crippen molar-refractivity contribution in [3.8, 4) is 11.5 Å². The molecule has 1 fully saturated rings. The van der Waals surface area contributed by atoms with E-state index in [9.17, 15) is 4.79 Å². The Morgan fingerprint density at radius 1 is 1.14 bits per heavy atom. The highest BCUT2D eigenvalue weighted by Crippen LogP contribution is 2.33. The molecule has 1 aliphatic rings. The second-order valence-corrected chi connectivity index (χ2v) is 5.95. The van der Waals surface area contributed by atoms with Gasteiger partial charge in [0.05, 0.1) is 19.8 Å². The van der Waals surface area contributed by atoms with Gasteiger partial charge in [0, 0.05) is 24.8 Å². The predicted molar refractivity (Wildman–Crippen MR) is 82.8 cm³/mol. The molecule has 0 bridgehead atoms. The number of piperidine rings is 1. The molecule has 1 aromatic carbocycles. The van der Waals surface area contributed by atoms with Crippen LogP contribution in [0.1, 0.15) is 30.6 Å². The third-order valence-corrected chi connectivity index (χ3v) is 3.94. The second-order valence-electron chi connectivity index (χ2n) is 5.95. The van der Waals surface area contributed by atoms with Crippen molar-refractivity contribution in [1.29, 1.82) is 0 Å². The Balaban J connectivity index is 2.30. The molecule has 0 aliphatic carbocycles. The first-order valence-corrected chi connectivity index (χ1v) is 7.27. The molecular formula is C16H24N2O3. The van der Waals surface area contributed by atoms with Crippen molar-refractivity contribution in [2.24, 2.45) is 11.8 Å². The third-order valence-electron chi connectivity index (χ3n) is 3.94. The molecule has 2 atom stereocenters.